The summed E-state index contributed by atoms with van der Waals surface area (Å²) in [7, 11) is -1.88. The molecule has 1 aromatic heterocycles. The zero-order chi connectivity index (χ0) is 21.8. The second kappa shape index (κ2) is 8.69. The summed E-state index contributed by atoms with van der Waals surface area (Å²) >= 11 is 0. The van der Waals surface area contributed by atoms with Crippen LogP contribution in [0.2, 0.25) is 0 Å². The lowest BCUT2D eigenvalue weighted by atomic mass is 10.0. The first-order valence-electron chi connectivity index (χ1n) is 9.72. The molecule has 0 unspecified atom stereocenters. The maximum absolute atomic E-state index is 13.7. The van der Waals surface area contributed by atoms with Gasteiger partial charge < -0.3 is 5.32 Å². The molecule has 0 spiro atoms. The Morgan fingerprint density at radius 1 is 0.935 bits per heavy atom. The highest BCUT2D eigenvalue weighted by Crippen LogP contribution is 2.27. The molecule has 31 heavy (non-hydrogen) atoms. The molecule has 3 aromatic carbocycles. The lowest BCUT2D eigenvalue weighted by molar-refractivity contribution is 0.598. The summed E-state index contributed by atoms with van der Waals surface area (Å²) in [6.45, 7) is 0. The van der Waals surface area contributed by atoms with Crippen molar-refractivity contribution in [2.75, 3.05) is 22.8 Å². The van der Waals surface area contributed by atoms with Crippen LogP contribution in [0.15, 0.2) is 73.1 Å². The first kappa shape index (κ1) is 20.7. The number of aryl methyl sites for hydroxylation is 1. The van der Waals surface area contributed by atoms with E-state index in [2.05, 4.69) is 20.0 Å². The lowest BCUT2D eigenvalue weighted by Crippen LogP contribution is -2.18. The van der Waals surface area contributed by atoms with Crippen LogP contribution in [0.1, 0.15) is 5.56 Å². The van der Waals surface area contributed by atoms with Gasteiger partial charge in [-0.05, 0) is 47.4 Å². The van der Waals surface area contributed by atoms with E-state index in [-0.39, 0.29) is 11.4 Å². The summed E-state index contributed by atoms with van der Waals surface area (Å²) < 4.78 is 40.9. The Morgan fingerprint density at radius 2 is 1.74 bits per heavy atom. The van der Waals surface area contributed by atoms with Gasteiger partial charge in [0.1, 0.15) is 18.0 Å². The van der Waals surface area contributed by atoms with Crippen LogP contribution in [0.25, 0.3) is 22.0 Å². The average molecular weight is 437 g/mol. The van der Waals surface area contributed by atoms with Crippen molar-refractivity contribution in [3.8, 4) is 11.1 Å². The van der Waals surface area contributed by atoms with Gasteiger partial charge in [0.15, 0.2) is 0 Å². The van der Waals surface area contributed by atoms with Crippen LogP contribution in [0.5, 0.6) is 0 Å². The minimum absolute atomic E-state index is 0.0463. The molecule has 0 aliphatic rings. The predicted octanol–water partition coefficient (Wildman–Crippen LogP) is 4.46. The molecular formula is C23H21FN4O2S. The first-order chi connectivity index (χ1) is 14.9. The second-order valence-corrected chi connectivity index (χ2v) is 8.90. The number of nitrogens with zero attached hydrogens (tertiary/aromatic N) is 2. The largest absolute Gasteiger partial charge is 0.373 e. The molecule has 0 fully saturated rings. The minimum atomic E-state index is -3.69. The Morgan fingerprint density at radius 3 is 2.55 bits per heavy atom. The highest BCUT2D eigenvalue weighted by atomic mass is 32.2. The second-order valence-electron chi connectivity index (χ2n) is 7.06. The summed E-state index contributed by atoms with van der Waals surface area (Å²) in [5, 5.41) is 3.98. The molecule has 2 N–H and O–H groups in total. The zero-order valence-corrected chi connectivity index (χ0v) is 17.7. The Bertz CT molecular complexity index is 1340. The van der Waals surface area contributed by atoms with Crippen LogP contribution in [-0.4, -0.2) is 31.2 Å². The van der Waals surface area contributed by atoms with E-state index < -0.39 is 15.8 Å². The Labute approximate surface area is 180 Å². The molecule has 0 aliphatic carbocycles. The quantitative estimate of drug-likeness (QED) is 0.447. The van der Waals surface area contributed by atoms with Crippen LogP contribution in [0.4, 0.5) is 15.9 Å². The predicted molar refractivity (Wildman–Crippen MR) is 122 cm³/mol. The van der Waals surface area contributed by atoms with E-state index in [0.29, 0.717) is 6.42 Å². The van der Waals surface area contributed by atoms with Crippen LogP contribution in [0.3, 0.4) is 0 Å². The van der Waals surface area contributed by atoms with Gasteiger partial charge in [-0.15, -0.1) is 0 Å². The highest BCUT2D eigenvalue weighted by molar-refractivity contribution is 7.92. The van der Waals surface area contributed by atoms with Gasteiger partial charge in [0, 0.05) is 12.4 Å². The molecule has 0 amide bonds. The van der Waals surface area contributed by atoms with Gasteiger partial charge >= 0.3 is 0 Å². The molecule has 6 nitrogen and oxygen atoms in total. The summed E-state index contributed by atoms with van der Waals surface area (Å²) in [5.41, 5.74) is 3.60. The fourth-order valence-corrected chi connectivity index (χ4v) is 4.46. The molecule has 0 radical (unpaired) electrons. The molecular weight excluding hydrogens is 415 g/mol. The fraction of sp³-hybridized carbons (Fsp3) is 0.130. The number of rotatable bonds is 7. The van der Waals surface area contributed by atoms with Crippen molar-refractivity contribution in [1.29, 1.82) is 0 Å². The monoisotopic (exact) mass is 436 g/mol. The molecule has 0 saturated heterocycles. The maximum Gasteiger partial charge on any atom is 0.233 e. The van der Waals surface area contributed by atoms with Gasteiger partial charge in [0.2, 0.25) is 10.0 Å². The van der Waals surface area contributed by atoms with Crippen molar-refractivity contribution in [3.05, 3.63) is 84.4 Å². The van der Waals surface area contributed by atoms with Crippen LogP contribution in [-0.2, 0) is 16.4 Å². The molecule has 0 atom stereocenters. The van der Waals surface area contributed by atoms with Gasteiger partial charge in [-0.1, -0.05) is 42.5 Å². The van der Waals surface area contributed by atoms with Crippen molar-refractivity contribution in [2.45, 2.75) is 6.42 Å². The van der Waals surface area contributed by atoms with E-state index in [1.54, 1.807) is 6.07 Å². The van der Waals surface area contributed by atoms with E-state index in [1.165, 1.54) is 24.5 Å². The van der Waals surface area contributed by atoms with Gasteiger partial charge in [-0.2, -0.15) is 0 Å². The molecule has 4 rings (SSSR count). The first-order valence-corrected chi connectivity index (χ1v) is 11.4. The summed E-state index contributed by atoms with van der Waals surface area (Å²) in [4.78, 5) is 8.54. The number of halogens is 1. The normalized spacial score (nSPS) is 11.4. The van der Waals surface area contributed by atoms with Crippen molar-refractivity contribution >= 4 is 32.4 Å². The SMILES string of the molecule is CNc1ncnc2ccc(-c3cccc(CCS(=O)(=O)Nc4ccccc4F)c3)cc12. The number of hydrogen-bond donors (Lipinski definition) is 2. The number of sulfonamides is 1. The molecule has 1 heterocycles. The van der Waals surface area contributed by atoms with E-state index >= 15 is 0 Å². The number of hydrogen-bond acceptors (Lipinski definition) is 5. The Balaban J connectivity index is 1.54. The zero-order valence-electron chi connectivity index (χ0n) is 16.8. The number of benzene rings is 3. The molecule has 4 aromatic rings. The van der Waals surface area contributed by atoms with Crippen molar-refractivity contribution < 1.29 is 12.8 Å². The van der Waals surface area contributed by atoms with Gasteiger partial charge in [-0.25, -0.2) is 22.8 Å². The number of anilines is 2. The average Bonchev–Trinajstić information content (AvgIpc) is 2.78. The Hall–Kier alpha value is -3.52. The summed E-state index contributed by atoms with van der Waals surface area (Å²) in [5.74, 6) is -0.0112. The molecule has 0 saturated carbocycles. The third kappa shape index (κ3) is 4.80. The van der Waals surface area contributed by atoms with E-state index in [4.69, 9.17) is 0 Å². The van der Waals surface area contributed by atoms with Gasteiger partial charge in [-0.3, -0.25) is 4.72 Å². The third-order valence-corrected chi connectivity index (χ3v) is 6.20. The van der Waals surface area contributed by atoms with E-state index in [1.807, 2.05) is 49.5 Å². The molecule has 0 bridgehead atoms. The van der Waals surface area contributed by atoms with E-state index in [9.17, 15) is 12.8 Å². The topological polar surface area (TPSA) is 84.0 Å². The molecule has 158 valence electrons. The lowest BCUT2D eigenvalue weighted by Gasteiger charge is -2.10. The number of nitrogens with one attached hydrogen (secondary N) is 2. The van der Waals surface area contributed by atoms with Gasteiger partial charge in [0.05, 0.1) is 17.0 Å². The van der Waals surface area contributed by atoms with Crippen molar-refractivity contribution in [2.24, 2.45) is 0 Å². The van der Waals surface area contributed by atoms with Crippen molar-refractivity contribution in [1.82, 2.24) is 9.97 Å². The third-order valence-electron chi connectivity index (χ3n) is 4.93. The summed E-state index contributed by atoms with van der Waals surface area (Å²) in [6, 6.07) is 19.3. The summed E-state index contributed by atoms with van der Waals surface area (Å²) in [6.07, 6.45) is 1.82. The van der Waals surface area contributed by atoms with E-state index in [0.717, 1.165) is 33.4 Å². The maximum atomic E-state index is 13.7. The van der Waals surface area contributed by atoms with Crippen LogP contribution >= 0.6 is 0 Å². The number of fused-ring (bicyclic) bond motifs is 1. The van der Waals surface area contributed by atoms with Crippen LogP contribution in [0, 0.1) is 5.82 Å². The van der Waals surface area contributed by atoms with Crippen molar-refractivity contribution in [3.63, 3.8) is 0 Å². The fourth-order valence-electron chi connectivity index (χ4n) is 3.36. The molecule has 0 aliphatic heterocycles. The number of para-hydroxylation sites is 1. The highest BCUT2D eigenvalue weighted by Gasteiger charge is 2.13. The van der Waals surface area contributed by atoms with Gasteiger partial charge in [0.25, 0.3) is 0 Å². The standard InChI is InChI=1S/C23H21FN4O2S/c1-25-23-19-14-18(9-10-21(19)26-15-27-23)17-6-4-5-16(13-17)11-12-31(29,30)28-22-8-3-2-7-20(22)24/h2-10,13-15,28H,11-12H2,1H3,(H,25,26,27). The molecule has 8 heteroatoms. The smallest absolute Gasteiger partial charge is 0.233 e. The minimum Gasteiger partial charge on any atom is -0.373 e. The number of aromatic nitrogens is 2. The van der Waals surface area contributed by atoms with Crippen LogP contribution < -0.4 is 10.0 Å². The Kier molecular flexibility index (Phi) is 5.81.